The maximum absolute atomic E-state index is 12.2. The molecule has 1 aliphatic rings. The number of carbonyl (C=O) groups excluding carboxylic acids is 1. The summed E-state index contributed by atoms with van der Waals surface area (Å²) in [6, 6.07) is 21.4. The lowest BCUT2D eigenvalue weighted by atomic mass is 10.2. The summed E-state index contributed by atoms with van der Waals surface area (Å²) in [5.41, 5.74) is 1.81. The zero-order chi connectivity index (χ0) is 17.9. The van der Waals surface area contributed by atoms with Crippen LogP contribution in [0.25, 0.3) is 17.4 Å². The van der Waals surface area contributed by atoms with Crippen LogP contribution >= 0.6 is 34.4 Å². The molecule has 1 aliphatic heterocycles. The second-order valence-corrected chi connectivity index (χ2v) is 7.80. The van der Waals surface area contributed by atoms with Crippen LogP contribution < -0.4 is 5.32 Å². The molecule has 128 valence electrons. The molecule has 6 heteroatoms. The van der Waals surface area contributed by atoms with Crippen LogP contribution in [-0.2, 0) is 4.79 Å². The fourth-order valence-electron chi connectivity index (χ4n) is 2.43. The quantitative estimate of drug-likeness (QED) is 0.408. The fourth-order valence-corrected chi connectivity index (χ4v) is 3.61. The first-order valence-corrected chi connectivity index (χ1v) is 9.77. The Labute approximate surface area is 168 Å². The predicted octanol–water partition coefficient (Wildman–Crippen LogP) is 5.44. The summed E-state index contributed by atoms with van der Waals surface area (Å²) in [6.45, 7) is 0. The molecule has 0 aliphatic carbocycles. The Balaban J connectivity index is 1.54. The van der Waals surface area contributed by atoms with E-state index in [1.54, 1.807) is 6.08 Å². The van der Waals surface area contributed by atoms with Crippen LogP contribution in [-0.4, -0.2) is 11.1 Å². The Bertz CT molecular complexity index is 1010. The summed E-state index contributed by atoms with van der Waals surface area (Å²) < 4.78 is 7.03. The van der Waals surface area contributed by atoms with Gasteiger partial charge in [-0.15, -0.1) is 0 Å². The molecular weight excluding hydrogens is 459 g/mol. The molecule has 4 nitrogen and oxygen atoms in total. The molecule has 1 fully saturated rings. The lowest BCUT2D eigenvalue weighted by molar-refractivity contribution is -0.115. The van der Waals surface area contributed by atoms with Gasteiger partial charge in [0.25, 0.3) is 5.91 Å². The lowest BCUT2D eigenvalue weighted by Crippen LogP contribution is -2.19. The van der Waals surface area contributed by atoms with Gasteiger partial charge in [-0.2, -0.15) is 0 Å². The van der Waals surface area contributed by atoms with Crippen LogP contribution in [0.2, 0.25) is 0 Å². The first-order valence-electron chi connectivity index (χ1n) is 7.88. The Hall–Kier alpha value is -2.32. The van der Waals surface area contributed by atoms with Gasteiger partial charge in [0.1, 0.15) is 11.5 Å². The van der Waals surface area contributed by atoms with Crippen LogP contribution in [0.4, 0.5) is 5.69 Å². The molecule has 0 saturated carbocycles. The molecule has 1 N–H and O–H groups in total. The summed E-state index contributed by atoms with van der Waals surface area (Å²) >= 11 is 3.57. The lowest BCUT2D eigenvalue weighted by Gasteiger charge is -1.96. The Morgan fingerprint density at radius 2 is 1.77 bits per heavy atom. The molecule has 1 aromatic heterocycles. The molecule has 2 aromatic carbocycles. The van der Waals surface area contributed by atoms with Crippen molar-refractivity contribution in [3.05, 3.63) is 81.0 Å². The van der Waals surface area contributed by atoms with Gasteiger partial charge in [-0.3, -0.25) is 4.79 Å². The highest BCUT2D eigenvalue weighted by atomic mass is 127. The summed E-state index contributed by atoms with van der Waals surface area (Å²) in [6.07, 6.45) is 1.74. The van der Waals surface area contributed by atoms with Gasteiger partial charge in [0.05, 0.1) is 10.6 Å². The minimum absolute atomic E-state index is 0.170. The second kappa shape index (κ2) is 7.51. The Morgan fingerprint density at radius 1 is 1.00 bits per heavy atom. The summed E-state index contributed by atoms with van der Waals surface area (Å²) in [4.78, 5) is 17.2. The van der Waals surface area contributed by atoms with Crippen molar-refractivity contribution in [2.45, 2.75) is 0 Å². The van der Waals surface area contributed by atoms with Gasteiger partial charge in [-0.1, -0.05) is 30.3 Å². The van der Waals surface area contributed by atoms with Gasteiger partial charge in [-0.25, -0.2) is 4.99 Å². The predicted molar refractivity (Wildman–Crippen MR) is 114 cm³/mol. The fraction of sp³-hybridized carbons (Fsp3) is 0. The second-order valence-electron chi connectivity index (χ2n) is 5.53. The number of amidine groups is 1. The van der Waals surface area contributed by atoms with E-state index in [0.29, 0.717) is 15.8 Å². The van der Waals surface area contributed by atoms with Crippen LogP contribution in [0.15, 0.2) is 81.0 Å². The molecule has 4 rings (SSSR count). The van der Waals surface area contributed by atoms with Crippen molar-refractivity contribution in [1.29, 1.82) is 0 Å². The average Bonchev–Trinajstić information content (AvgIpc) is 3.24. The first kappa shape index (κ1) is 17.1. The summed E-state index contributed by atoms with van der Waals surface area (Å²) in [7, 11) is 0. The van der Waals surface area contributed by atoms with E-state index in [1.165, 1.54) is 15.3 Å². The van der Waals surface area contributed by atoms with Gasteiger partial charge < -0.3 is 9.73 Å². The molecule has 0 atom stereocenters. The van der Waals surface area contributed by atoms with Crippen molar-refractivity contribution < 1.29 is 9.21 Å². The highest BCUT2D eigenvalue weighted by Gasteiger charge is 2.24. The highest BCUT2D eigenvalue weighted by molar-refractivity contribution is 14.1. The number of hydrogen-bond acceptors (Lipinski definition) is 4. The number of amides is 1. The number of para-hydroxylation sites is 1. The third-order valence-corrected chi connectivity index (χ3v) is 5.30. The van der Waals surface area contributed by atoms with E-state index in [0.717, 1.165) is 17.0 Å². The van der Waals surface area contributed by atoms with E-state index in [2.05, 4.69) is 32.9 Å². The number of aliphatic imine (C=N–C) groups is 1. The van der Waals surface area contributed by atoms with Crippen molar-refractivity contribution in [2.24, 2.45) is 4.99 Å². The molecule has 26 heavy (non-hydrogen) atoms. The van der Waals surface area contributed by atoms with Crippen molar-refractivity contribution >= 4 is 57.2 Å². The molecule has 0 unspecified atom stereocenters. The molecule has 1 saturated heterocycles. The summed E-state index contributed by atoms with van der Waals surface area (Å²) in [5.74, 6) is 1.24. The number of benzene rings is 2. The van der Waals surface area contributed by atoms with Crippen LogP contribution in [0.1, 0.15) is 5.76 Å². The Kier molecular flexibility index (Phi) is 4.94. The SMILES string of the molecule is O=C1NC(=Nc2ccccc2)S/C1=C/c1ccc(-c2ccc(I)cc2)o1. The van der Waals surface area contributed by atoms with E-state index < -0.39 is 0 Å². The van der Waals surface area contributed by atoms with Crippen LogP contribution in [0.5, 0.6) is 0 Å². The zero-order valence-corrected chi connectivity index (χ0v) is 16.5. The third kappa shape index (κ3) is 3.91. The van der Waals surface area contributed by atoms with Crippen LogP contribution in [0, 0.1) is 3.57 Å². The normalized spacial score (nSPS) is 17.0. The van der Waals surface area contributed by atoms with Gasteiger partial charge in [0.15, 0.2) is 5.17 Å². The van der Waals surface area contributed by atoms with Crippen molar-refractivity contribution in [3.8, 4) is 11.3 Å². The highest BCUT2D eigenvalue weighted by Crippen LogP contribution is 2.30. The maximum atomic E-state index is 12.2. The third-order valence-electron chi connectivity index (χ3n) is 3.67. The maximum Gasteiger partial charge on any atom is 0.264 e. The van der Waals surface area contributed by atoms with Gasteiger partial charge in [0, 0.05) is 15.2 Å². The average molecular weight is 472 g/mol. The number of thioether (sulfide) groups is 1. The molecule has 0 bridgehead atoms. The van der Waals surface area contributed by atoms with E-state index in [-0.39, 0.29) is 5.91 Å². The number of rotatable bonds is 3. The number of nitrogens with zero attached hydrogens (tertiary/aromatic N) is 1. The monoisotopic (exact) mass is 472 g/mol. The number of furan rings is 1. The van der Waals surface area contributed by atoms with E-state index in [9.17, 15) is 4.79 Å². The van der Waals surface area contributed by atoms with Crippen LogP contribution in [0.3, 0.4) is 0 Å². The topological polar surface area (TPSA) is 54.6 Å². The number of halogens is 1. The number of nitrogens with one attached hydrogen (secondary N) is 1. The van der Waals surface area contributed by atoms with Gasteiger partial charge >= 0.3 is 0 Å². The smallest absolute Gasteiger partial charge is 0.264 e. The summed E-state index contributed by atoms with van der Waals surface area (Å²) in [5, 5.41) is 3.35. The molecule has 2 heterocycles. The van der Waals surface area contributed by atoms with Crippen molar-refractivity contribution in [3.63, 3.8) is 0 Å². The number of hydrogen-bond donors (Lipinski definition) is 1. The zero-order valence-electron chi connectivity index (χ0n) is 13.5. The van der Waals surface area contributed by atoms with E-state index in [1.807, 2.05) is 66.7 Å². The van der Waals surface area contributed by atoms with Crippen molar-refractivity contribution in [1.82, 2.24) is 5.32 Å². The van der Waals surface area contributed by atoms with Crippen molar-refractivity contribution in [2.75, 3.05) is 0 Å². The Morgan fingerprint density at radius 3 is 2.54 bits per heavy atom. The number of carbonyl (C=O) groups is 1. The first-order chi connectivity index (χ1) is 12.7. The minimum Gasteiger partial charge on any atom is -0.457 e. The van der Waals surface area contributed by atoms with E-state index >= 15 is 0 Å². The largest absolute Gasteiger partial charge is 0.457 e. The van der Waals surface area contributed by atoms with E-state index in [4.69, 9.17) is 4.42 Å². The standard InChI is InChI=1S/C20H13IN2O2S/c21-14-8-6-13(7-9-14)17-11-10-16(25-17)12-18-19(24)23-20(26-18)22-15-4-2-1-3-5-15/h1-12H,(H,22,23,24)/b18-12+. The molecule has 0 radical (unpaired) electrons. The minimum atomic E-state index is -0.170. The molecule has 1 amide bonds. The van der Waals surface area contributed by atoms with Gasteiger partial charge in [-0.05, 0) is 70.8 Å². The molecular formula is C20H13IN2O2S. The van der Waals surface area contributed by atoms with Gasteiger partial charge in [0.2, 0.25) is 0 Å². The molecule has 3 aromatic rings. The molecule has 0 spiro atoms.